The van der Waals surface area contributed by atoms with E-state index in [1.165, 1.54) is 0 Å². The Morgan fingerprint density at radius 3 is 2.69 bits per heavy atom. The second-order valence-corrected chi connectivity index (χ2v) is 3.84. The fourth-order valence-electron chi connectivity index (χ4n) is 1.94. The van der Waals surface area contributed by atoms with Crippen molar-refractivity contribution in [1.29, 1.82) is 0 Å². The second-order valence-electron chi connectivity index (χ2n) is 3.84. The number of hydrogen-bond acceptors (Lipinski definition) is 2. The van der Waals surface area contributed by atoms with Crippen LogP contribution in [0.2, 0.25) is 0 Å². The van der Waals surface area contributed by atoms with E-state index in [2.05, 4.69) is 0 Å². The minimum Gasteiger partial charge on any atom is -0.392 e. The molecule has 0 radical (unpaired) electrons. The van der Waals surface area contributed by atoms with Crippen LogP contribution in [0.3, 0.4) is 0 Å². The lowest BCUT2D eigenvalue weighted by molar-refractivity contribution is -0.127. The van der Waals surface area contributed by atoms with Crippen molar-refractivity contribution in [3.05, 3.63) is 47.7 Å². The van der Waals surface area contributed by atoms with Crippen molar-refractivity contribution in [1.82, 2.24) is 4.90 Å². The summed E-state index contributed by atoms with van der Waals surface area (Å²) in [5.74, 6) is 0.142. The molecule has 1 saturated heterocycles. The standard InChI is InChI=1S/C13H15NO2/c15-9-8-12-6-7-13(16)14(12)10-11-4-2-1-3-5-11/h1-5,8,15H,6-7,9-10H2/b12-8+. The van der Waals surface area contributed by atoms with Crippen molar-refractivity contribution < 1.29 is 9.90 Å². The Morgan fingerprint density at radius 2 is 2.00 bits per heavy atom. The largest absolute Gasteiger partial charge is 0.392 e. The lowest BCUT2D eigenvalue weighted by Gasteiger charge is -2.18. The third-order valence-electron chi connectivity index (χ3n) is 2.75. The van der Waals surface area contributed by atoms with Crippen LogP contribution in [0.1, 0.15) is 18.4 Å². The highest BCUT2D eigenvalue weighted by Gasteiger charge is 2.24. The molecule has 1 N–H and O–H groups in total. The lowest BCUT2D eigenvalue weighted by atomic mass is 10.2. The number of benzene rings is 1. The molecule has 1 fully saturated rings. The predicted octanol–water partition coefficient (Wildman–Crippen LogP) is 1.69. The van der Waals surface area contributed by atoms with Crippen molar-refractivity contribution in [2.24, 2.45) is 0 Å². The molecule has 84 valence electrons. The second kappa shape index (κ2) is 4.94. The molecule has 1 aliphatic rings. The average molecular weight is 217 g/mol. The number of aliphatic hydroxyl groups is 1. The van der Waals surface area contributed by atoms with Gasteiger partial charge in [-0.05, 0) is 18.1 Å². The Labute approximate surface area is 95.0 Å². The van der Waals surface area contributed by atoms with Gasteiger partial charge < -0.3 is 10.0 Å². The number of rotatable bonds is 3. The highest BCUT2D eigenvalue weighted by atomic mass is 16.2. The monoisotopic (exact) mass is 217 g/mol. The van der Waals surface area contributed by atoms with Crippen LogP contribution >= 0.6 is 0 Å². The Kier molecular flexibility index (Phi) is 3.37. The molecule has 1 aromatic rings. The van der Waals surface area contributed by atoms with Crippen molar-refractivity contribution in [2.45, 2.75) is 19.4 Å². The number of allylic oxidation sites excluding steroid dienone is 1. The molecule has 0 bridgehead atoms. The topological polar surface area (TPSA) is 40.5 Å². The Morgan fingerprint density at radius 1 is 1.25 bits per heavy atom. The average Bonchev–Trinajstić information content (AvgIpc) is 2.64. The summed E-state index contributed by atoms with van der Waals surface area (Å²) < 4.78 is 0. The first-order valence-electron chi connectivity index (χ1n) is 5.45. The molecule has 0 spiro atoms. The first-order chi connectivity index (χ1) is 7.81. The fraction of sp³-hybridized carbons (Fsp3) is 0.308. The third-order valence-corrected chi connectivity index (χ3v) is 2.75. The van der Waals surface area contributed by atoms with E-state index in [0.29, 0.717) is 13.0 Å². The van der Waals surface area contributed by atoms with Crippen LogP contribution in [0, 0.1) is 0 Å². The highest BCUT2D eigenvalue weighted by Crippen LogP contribution is 2.24. The van der Waals surface area contributed by atoms with Crippen molar-refractivity contribution in [2.75, 3.05) is 6.61 Å². The first kappa shape index (κ1) is 10.9. The molecule has 3 heteroatoms. The number of carbonyl (C=O) groups excluding carboxylic acids is 1. The molecule has 1 aromatic carbocycles. The van der Waals surface area contributed by atoms with Crippen LogP contribution in [-0.4, -0.2) is 22.5 Å². The highest BCUT2D eigenvalue weighted by molar-refractivity contribution is 5.81. The third kappa shape index (κ3) is 2.31. The van der Waals surface area contributed by atoms with Crippen LogP contribution in [0.5, 0.6) is 0 Å². The smallest absolute Gasteiger partial charge is 0.227 e. The summed E-state index contributed by atoms with van der Waals surface area (Å²) in [5, 5.41) is 8.88. The molecule has 1 aliphatic heterocycles. The summed E-state index contributed by atoms with van der Waals surface area (Å²) in [4.78, 5) is 13.4. The van der Waals surface area contributed by atoms with Gasteiger partial charge in [0.25, 0.3) is 0 Å². The summed E-state index contributed by atoms with van der Waals surface area (Å²) in [6.07, 6.45) is 3.01. The zero-order valence-corrected chi connectivity index (χ0v) is 9.10. The molecule has 1 amide bonds. The molecule has 0 atom stereocenters. The maximum absolute atomic E-state index is 11.7. The molecular formula is C13H15NO2. The van der Waals surface area contributed by atoms with Crippen LogP contribution in [-0.2, 0) is 11.3 Å². The van der Waals surface area contributed by atoms with E-state index >= 15 is 0 Å². The van der Waals surface area contributed by atoms with E-state index in [0.717, 1.165) is 17.7 Å². The summed E-state index contributed by atoms with van der Waals surface area (Å²) >= 11 is 0. The first-order valence-corrected chi connectivity index (χ1v) is 5.45. The summed E-state index contributed by atoms with van der Waals surface area (Å²) in [7, 11) is 0. The van der Waals surface area contributed by atoms with Crippen LogP contribution in [0.15, 0.2) is 42.1 Å². The van der Waals surface area contributed by atoms with E-state index in [9.17, 15) is 4.79 Å². The summed E-state index contributed by atoms with van der Waals surface area (Å²) in [6.45, 7) is 0.597. The Hall–Kier alpha value is -1.61. The van der Waals surface area contributed by atoms with Gasteiger partial charge in [0.05, 0.1) is 13.2 Å². The summed E-state index contributed by atoms with van der Waals surface area (Å²) in [6, 6.07) is 9.89. The molecule has 0 unspecified atom stereocenters. The van der Waals surface area contributed by atoms with Gasteiger partial charge in [0.1, 0.15) is 0 Å². The molecule has 0 aromatic heterocycles. The molecular weight excluding hydrogens is 202 g/mol. The van der Waals surface area contributed by atoms with Gasteiger partial charge in [-0.3, -0.25) is 4.79 Å². The molecule has 3 nitrogen and oxygen atoms in total. The van der Waals surface area contributed by atoms with E-state index in [-0.39, 0.29) is 12.5 Å². The van der Waals surface area contributed by atoms with Gasteiger partial charge in [-0.15, -0.1) is 0 Å². The van der Waals surface area contributed by atoms with Gasteiger partial charge >= 0.3 is 0 Å². The van der Waals surface area contributed by atoms with Crippen molar-refractivity contribution in [3.63, 3.8) is 0 Å². The van der Waals surface area contributed by atoms with Crippen LogP contribution in [0.25, 0.3) is 0 Å². The van der Waals surface area contributed by atoms with Gasteiger partial charge in [-0.1, -0.05) is 30.3 Å². The van der Waals surface area contributed by atoms with Gasteiger partial charge in [0, 0.05) is 12.1 Å². The maximum atomic E-state index is 11.7. The predicted molar refractivity (Wildman–Crippen MR) is 61.4 cm³/mol. The number of hydrogen-bond donors (Lipinski definition) is 1. The number of likely N-dealkylation sites (tertiary alicyclic amines) is 1. The fourth-order valence-corrected chi connectivity index (χ4v) is 1.94. The van der Waals surface area contributed by atoms with Crippen LogP contribution in [0.4, 0.5) is 0 Å². The van der Waals surface area contributed by atoms with E-state index < -0.39 is 0 Å². The Balaban J connectivity index is 2.13. The zero-order valence-electron chi connectivity index (χ0n) is 9.10. The quantitative estimate of drug-likeness (QED) is 0.837. The zero-order chi connectivity index (χ0) is 11.4. The lowest BCUT2D eigenvalue weighted by Crippen LogP contribution is -2.22. The van der Waals surface area contributed by atoms with Gasteiger partial charge in [0.15, 0.2) is 0 Å². The number of amides is 1. The van der Waals surface area contributed by atoms with E-state index in [1.807, 2.05) is 30.3 Å². The molecule has 2 rings (SSSR count). The number of carbonyl (C=O) groups is 1. The molecule has 16 heavy (non-hydrogen) atoms. The molecule has 0 aliphatic carbocycles. The molecule has 1 heterocycles. The molecule has 0 saturated carbocycles. The van der Waals surface area contributed by atoms with Crippen LogP contribution < -0.4 is 0 Å². The SMILES string of the molecule is O=C1CC/C(=C\CO)N1Cc1ccccc1. The minimum absolute atomic E-state index is 0.00605. The van der Waals surface area contributed by atoms with E-state index in [4.69, 9.17) is 5.11 Å². The van der Waals surface area contributed by atoms with Gasteiger partial charge in [-0.2, -0.15) is 0 Å². The van der Waals surface area contributed by atoms with Gasteiger partial charge in [0.2, 0.25) is 5.91 Å². The Bertz CT molecular complexity index is 398. The number of nitrogens with zero attached hydrogens (tertiary/aromatic N) is 1. The van der Waals surface area contributed by atoms with Crippen molar-refractivity contribution in [3.8, 4) is 0 Å². The van der Waals surface area contributed by atoms with E-state index in [1.54, 1.807) is 11.0 Å². The maximum Gasteiger partial charge on any atom is 0.227 e. The number of aliphatic hydroxyl groups excluding tert-OH is 1. The van der Waals surface area contributed by atoms with Crippen molar-refractivity contribution >= 4 is 5.91 Å². The van der Waals surface area contributed by atoms with Gasteiger partial charge in [-0.25, -0.2) is 0 Å². The minimum atomic E-state index is -0.00605. The summed E-state index contributed by atoms with van der Waals surface area (Å²) in [5.41, 5.74) is 2.05. The normalized spacial score (nSPS) is 18.4.